The lowest BCUT2D eigenvalue weighted by molar-refractivity contribution is 0.301. The van der Waals surface area contributed by atoms with Gasteiger partial charge >= 0.3 is 0 Å². The van der Waals surface area contributed by atoms with E-state index in [0.717, 1.165) is 37.6 Å². The second kappa shape index (κ2) is 8.53. The molecule has 0 amide bonds. The van der Waals surface area contributed by atoms with Crippen molar-refractivity contribution in [1.82, 2.24) is 19.9 Å². The summed E-state index contributed by atoms with van der Waals surface area (Å²) >= 11 is 3.18. The second-order valence-electron chi connectivity index (χ2n) is 5.79. The Morgan fingerprint density at radius 1 is 1.07 bits per heavy atom. The van der Waals surface area contributed by atoms with E-state index in [4.69, 9.17) is 5.11 Å². The van der Waals surface area contributed by atoms with Crippen LogP contribution < -0.4 is 4.72 Å². The normalized spacial score (nSPS) is 11.8. The maximum Gasteiger partial charge on any atom is 0.240 e. The zero-order chi connectivity index (χ0) is 19.4. The number of hydrogen-bond donors (Lipinski definition) is 2. The van der Waals surface area contributed by atoms with E-state index in [1.165, 1.54) is 0 Å². The number of sulfonamides is 1. The van der Waals surface area contributed by atoms with Gasteiger partial charge in [-0.1, -0.05) is 19.1 Å². The molecule has 27 heavy (non-hydrogen) atoms. The van der Waals surface area contributed by atoms with Crippen molar-refractivity contribution < 1.29 is 13.5 Å². The first-order valence-corrected chi connectivity index (χ1v) is 11.5. The Kier molecular flexibility index (Phi) is 6.33. The molecule has 2 aromatic heterocycles. The number of aliphatic hydroxyl groups excluding tert-OH is 1. The molecule has 0 spiro atoms. The van der Waals surface area contributed by atoms with Crippen molar-refractivity contribution in [3.05, 3.63) is 45.0 Å². The maximum absolute atomic E-state index is 12.1. The molecule has 0 bridgehead atoms. The summed E-state index contributed by atoms with van der Waals surface area (Å²) < 4.78 is 26.5. The second-order valence-corrected chi connectivity index (χ2v) is 9.78. The van der Waals surface area contributed by atoms with Crippen LogP contribution in [0.25, 0.3) is 10.4 Å². The predicted molar refractivity (Wildman–Crippen MR) is 107 cm³/mol. The van der Waals surface area contributed by atoms with Crippen LogP contribution in [0.15, 0.2) is 29.2 Å². The standard InChI is InChI=1S/C17H20N4O3S3/c1-3-14-20-21-16(25-14)10-15-19-11(2)17(26-15)12-4-6-13(7-5-12)27(23,24)18-8-9-22/h4-7,18,22H,3,8-10H2,1-2H3. The molecule has 10 heteroatoms. The zero-order valence-electron chi connectivity index (χ0n) is 15.0. The zero-order valence-corrected chi connectivity index (χ0v) is 17.4. The monoisotopic (exact) mass is 424 g/mol. The molecule has 1 aromatic carbocycles. The number of rotatable bonds is 8. The minimum absolute atomic E-state index is 0.00719. The van der Waals surface area contributed by atoms with Gasteiger partial charge in [0.1, 0.15) is 15.0 Å². The Bertz CT molecular complexity index is 1010. The van der Waals surface area contributed by atoms with Gasteiger partial charge in [-0.25, -0.2) is 18.1 Å². The smallest absolute Gasteiger partial charge is 0.240 e. The van der Waals surface area contributed by atoms with Crippen LogP contribution in [-0.4, -0.2) is 41.9 Å². The Hall–Kier alpha value is -1.72. The van der Waals surface area contributed by atoms with Crippen molar-refractivity contribution in [2.45, 2.75) is 31.6 Å². The van der Waals surface area contributed by atoms with E-state index in [0.29, 0.717) is 6.42 Å². The van der Waals surface area contributed by atoms with Gasteiger partial charge in [0.05, 0.1) is 28.5 Å². The van der Waals surface area contributed by atoms with Crippen LogP contribution in [0.4, 0.5) is 0 Å². The van der Waals surface area contributed by atoms with Crippen molar-refractivity contribution in [2.75, 3.05) is 13.2 Å². The molecule has 0 aliphatic rings. The summed E-state index contributed by atoms with van der Waals surface area (Å²) in [7, 11) is -3.60. The first kappa shape index (κ1) is 20.0. The number of aryl methyl sites for hydroxylation is 2. The van der Waals surface area contributed by atoms with E-state index in [9.17, 15) is 8.42 Å². The van der Waals surface area contributed by atoms with Gasteiger partial charge in [-0.3, -0.25) is 0 Å². The molecule has 0 fully saturated rings. The highest BCUT2D eigenvalue weighted by atomic mass is 32.2. The van der Waals surface area contributed by atoms with Crippen molar-refractivity contribution in [1.29, 1.82) is 0 Å². The fourth-order valence-electron chi connectivity index (χ4n) is 2.48. The molecule has 3 rings (SSSR count). The van der Waals surface area contributed by atoms with Crippen LogP contribution in [0, 0.1) is 6.92 Å². The largest absolute Gasteiger partial charge is 0.395 e. The predicted octanol–water partition coefficient (Wildman–Crippen LogP) is 2.39. The molecule has 0 atom stereocenters. The summed E-state index contributed by atoms with van der Waals surface area (Å²) in [6, 6.07) is 6.67. The third kappa shape index (κ3) is 4.77. The van der Waals surface area contributed by atoms with Gasteiger partial charge in [-0.15, -0.1) is 32.9 Å². The highest BCUT2D eigenvalue weighted by Crippen LogP contribution is 2.32. The Morgan fingerprint density at radius 2 is 1.78 bits per heavy atom. The average Bonchev–Trinajstić information content (AvgIpc) is 3.26. The molecular formula is C17H20N4O3S3. The van der Waals surface area contributed by atoms with Crippen LogP contribution in [0.1, 0.15) is 27.6 Å². The molecule has 0 saturated carbocycles. The summed E-state index contributed by atoms with van der Waals surface area (Å²) in [5, 5.41) is 20.1. The van der Waals surface area contributed by atoms with Crippen LogP contribution in [0.2, 0.25) is 0 Å². The molecule has 0 radical (unpaired) electrons. The fourth-order valence-corrected chi connectivity index (χ4v) is 5.45. The number of nitrogens with one attached hydrogen (secondary N) is 1. The van der Waals surface area contributed by atoms with E-state index < -0.39 is 10.0 Å². The lowest BCUT2D eigenvalue weighted by Gasteiger charge is -2.06. The van der Waals surface area contributed by atoms with Gasteiger partial charge in [0.25, 0.3) is 0 Å². The number of aromatic nitrogens is 3. The summed E-state index contributed by atoms with van der Waals surface area (Å²) in [6.45, 7) is 3.75. The maximum atomic E-state index is 12.1. The Labute approximate surface area is 166 Å². The van der Waals surface area contributed by atoms with Gasteiger partial charge in [0.2, 0.25) is 10.0 Å². The number of nitrogens with zero attached hydrogens (tertiary/aromatic N) is 3. The molecule has 2 heterocycles. The van der Waals surface area contributed by atoms with Crippen molar-refractivity contribution >= 4 is 32.7 Å². The molecule has 0 saturated heterocycles. The van der Waals surface area contributed by atoms with Crippen LogP contribution >= 0.6 is 22.7 Å². The number of benzene rings is 1. The van der Waals surface area contributed by atoms with Crippen LogP contribution in [0.3, 0.4) is 0 Å². The minimum Gasteiger partial charge on any atom is -0.395 e. The number of aliphatic hydroxyl groups is 1. The number of hydrogen-bond acceptors (Lipinski definition) is 8. The van der Waals surface area contributed by atoms with Gasteiger partial charge < -0.3 is 5.11 Å². The molecule has 144 valence electrons. The van der Waals surface area contributed by atoms with E-state index in [1.807, 2.05) is 6.92 Å². The molecule has 0 unspecified atom stereocenters. The Balaban J connectivity index is 1.79. The van der Waals surface area contributed by atoms with Gasteiger partial charge in [-0.05, 0) is 31.0 Å². The first-order valence-electron chi connectivity index (χ1n) is 8.41. The van der Waals surface area contributed by atoms with Crippen molar-refractivity contribution in [3.63, 3.8) is 0 Å². The summed E-state index contributed by atoms with van der Waals surface area (Å²) in [5.74, 6) is 0. The number of thiazole rings is 1. The summed E-state index contributed by atoms with van der Waals surface area (Å²) in [5.41, 5.74) is 1.83. The van der Waals surface area contributed by atoms with Crippen molar-refractivity contribution in [2.24, 2.45) is 0 Å². The molecule has 0 aliphatic heterocycles. The van der Waals surface area contributed by atoms with E-state index in [2.05, 4.69) is 26.8 Å². The fraction of sp³-hybridized carbons (Fsp3) is 0.353. The topological polar surface area (TPSA) is 105 Å². The molecule has 7 nitrogen and oxygen atoms in total. The van der Waals surface area contributed by atoms with Gasteiger partial charge in [0, 0.05) is 6.54 Å². The summed E-state index contributed by atoms with van der Waals surface area (Å²) in [6.07, 6.45) is 1.53. The van der Waals surface area contributed by atoms with Crippen LogP contribution in [0.5, 0.6) is 0 Å². The van der Waals surface area contributed by atoms with E-state index in [1.54, 1.807) is 46.9 Å². The van der Waals surface area contributed by atoms with E-state index in [-0.39, 0.29) is 18.0 Å². The van der Waals surface area contributed by atoms with E-state index >= 15 is 0 Å². The quantitative estimate of drug-likeness (QED) is 0.575. The highest BCUT2D eigenvalue weighted by Gasteiger charge is 2.16. The van der Waals surface area contributed by atoms with Crippen molar-refractivity contribution in [3.8, 4) is 10.4 Å². The first-order chi connectivity index (χ1) is 12.9. The Morgan fingerprint density at radius 3 is 2.41 bits per heavy atom. The molecule has 3 aromatic rings. The molecule has 0 aliphatic carbocycles. The third-order valence-electron chi connectivity index (χ3n) is 3.79. The SMILES string of the molecule is CCc1nnc(Cc2nc(C)c(-c3ccc(S(=O)(=O)NCCO)cc3)s2)s1. The molecular weight excluding hydrogens is 404 g/mol. The van der Waals surface area contributed by atoms with Gasteiger partial charge in [0.15, 0.2) is 0 Å². The van der Waals surface area contributed by atoms with Gasteiger partial charge in [-0.2, -0.15) is 0 Å². The average molecular weight is 425 g/mol. The lowest BCUT2D eigenvalue weighted by atomic mass is 10.2. The summed E-state index contributed by atoms with van der Waals surface area (Å²) in [4.78, 5) is 5.81. The lowest BCUT2D eigenvalue weighted by Crippen LogP contribution is -2.26. The van der Waals surface area contributed by atoms with Crippen LogP contribution in [-0.2, 0) is 22.9 Å². The highest BCUT2D eigenvalue weighted by molar-refractivity contribution is 7.89. The third-order valence-corrected chi connectivity index (χ3v) is 7.54. The molecule has 2 N–H and O–H groups in total. The minimum atomic E-state index is -3.60.